The maximum Gasteiger partial charge on any atom is 0.331 e. The number of carbonyl (C=O) groups is 2. The molecule has 33 heavy (non-hydrogen) atoms. The predicted molar refractivity (Wildman–Crippen MR) is 124 cm³/mol. The first-order valence-electron chi connectivity index (χ1n) is 11.3. The number of epoxide rings is 2. The number of rotatable bonds is 10. The third kappa shape index (κ3) is 6.31. The second-order valence-electron chi connectivity index (χ2n) is 9.18. The van der Waals surface area contributed by atoms with E-state index in [0.717, 1.165) is 18.9 Å². The maximum atomic E-state index is 12.4. The van der Waals surface area contributed by atoms with E-state index in [1.165, 1.54) is 17.7 Å². The molecule has 1 N–H and O–H groups in total. The summed E-state index contributed by atoms with van der Waals surface area (Å²) in [5.41, 5.74) is 0.642. The van der Waals surface area contributed by atoms with E-state index in [9.17, 15) is 9.59 Å². The number of carbonyl (C=O) groups excluding carboxylic acids is 1. The highest BCUT2D eigenvalue weighted by Gasteiger charge is 2.72. The summed E-state index contributed by atoms with van der Waals surface area (Å²) in [4.78, 5) is 22.8. The van der Waals surface area contributed by atoms with Gasteiger partial charge in [-0.3, -0.25) is 0 Å². The van der Waals surface area contributed by atoms with Gasteiger partial charge in [-0.15, -0.1) is 0 Å². The van der Waals surface area contributed by atoms with Crippen LogP contribution < -0.4 is 0 Å². The first-order valence-corrected chi connectivity index (χ1v) is 11.3. The van der Waals surface area contributed by atoms with Crippen LogP contribution in [-0.4, -0.2) is 60.3 Å². The number of carboxylic acids is 1. The monoisotopic (exact) mass is 458 g/mol. The van der Waals surface area contributed by atoms with Gasteiger partial charge in [0.15, 0.2) is 0 Å². The Morgan fingerprint density at radius 2 is 1.73 bits per heavy atom. The van der Waals surface area contributed by atoms with Crippen molar-refractivity contribution in [1.29, 1.82) is 0 Å². The fourth-order valence-electron chi connectivity index (χ4n) is 4.79. The van der Waals surface area contributed by atoms with Gasteiger partial charge in [0.2, 0.25) is 0 Å². The third-order valence-electron chi connectivity index (χ3n) is 6.53. The third-order valence-corrected chi connectivity index (χ3v) is 6.53. The molecule has 7 nitrogen and oxygen atoms in total. The molecule has 0 aromatic rings. The summed E-state index contributed by atoms with van der Waals surface area (Å²) in [6.45, 7) is 6.96. The summed E-state index contributed by atoms with van der Waals surface area (Å²) >= 11 is 0. The first-order chi connectivity index (χ1) is 15.7. The Labute approximate surface area is 195 Å². The molecular formula is C26H34O7. The average Bonchev–Trinajstić information content (AvgIpc) is 3.67. The van der Waals surface area contributed by atoms with Crippen molar-refractivity contribution >= 4 is 11.9 Å². The number of allylic oxidation sites excluding steroid dienone is 7. The molecular weight excluding hydrogens is 424 g/mol. The van der Waals surface area contributed by atoms with Gasteiger partial charge in [0.1, 0.15) is 23.4 Å². The minimum absolute atomic E-state index is 0.00928. The van der Waals surface area contributed by atoms with Gasteiger partial charge in [0.05, 0.1) is 18.6 Å². The summed E-state index contributed by atoms with van der Waals surface area (Å²) in [7, 11) is 1.65. The lowest BCUT2D eigenvalue weighted by atomic mass is 9.68. The molecule has 1 spiro atoms. The first kappa shape index (κ1) is 25.1. The lowest BCUT2D eigenvalue weighted by Gasteiger charge is -2.42. The lowest BCUT2D eigenvalue weighted by Crippen LogP contribution is -2.55. The van der Waals surface area contributed by atoms with Crippen LogP contribution in [0.25, 0.3) is 0 Å². The van der Waals surface area contributed by atoms with Crippen molar-refractivity contribution in [3.63, 3.8) is 0 Å². The van der Waals surface area contributed by atoms with Crippen molar-refractivity contribution in [3.05, 3.63) is 60.3 Å². The molecule has 7 heteroatoms. The van der Waals surface area contributed by atoms with Crippen molar-refractivity contribution < 1.29 is 33.6 Å². The Kier molecular flexibility index (Phi) is 8.10. The Hall–Kier alpha value is -2.48. The van der Waals surface area contributed by atoms with Crippen molar-refractivity contribution in [3.8, 4) is 0 Å². The van der Waals surface area contributed by atoms with Crippen LogP contribution >= 0.6 is 0 Å². The topological polar surface area (TPSA) is 97.9 Å². The van der Waals surface area contributed by atoms with E-state index >= 15 is 0 Å². The summed E-state index contributed by atoms with van der Waals surface area (Å²) in [6, 6.07) is 0. The van der Waals surface area contributed by atoms with Crippen molar-refractivity contribution in [2.75, 3.05) is 13.7 Å². The number of methoxy groups -OCH3 is 1. The van der Waals surface area contributed by atoms with Crippen molar-refractivity contribution in [2.24, 2.45) is 5.92 Å². The highest BCUT2D eigenvalue weighted by molar-refractivity contribution is 5.82. The molecule has 2 unspecified atom stereocenters. The standard InChI is InChI=1S/C26H34O7/c1-18(2)13-14-20-25(3,33-20)24-23(30-4)19(15-16-26(24)17-31-26)32-22(29)12-10-8-6-5-7-9-11-21(27)28/h5-13,19-20,23-24H,14-17H2,1-4H3,(H,27,28)/b7-5+,8-6+,11-9+,12-10+/t19-,20?,23-,24-,25+,26?/m1/s1. The SMILES string of the molecule is CO[C@@H]1[C@H](OC(=O)/C=C/C=C/C=C/C=C/C(=O)O)CCC2(CO2)[C@H]1[C@@]1(C)OC1CC=C(C)C. The van der Waals surface area contributed by atoms with Crippen LogP contribution in [0.15, 0.2) is 60.3 Å². The molecule has 0 aromatic carbocycles. The molecule has 0 aromatic heterocycles. The number of hydrogen-bond acceptors (Lipinski definition) is 6. The van der Waals surface area contributed by atoms with E-state index < -0.39 is 11.9 Å². The van der Waals surface area contributed by atoms with Gasteiger partial charge in [-0.1, -0.05) is 48.1 Å². The molecule has 0 radical (unpaired) electrons. The minimum Gasteiger partial charge on any atom is -0.478 e. The van der Waals surface area contributed by atoms with Crippen molar-refractivity contribution in [2.45, 2.75) is 69.5 Å². The summed E-state index contributed by atoms with van der Waals surface area (Å²) in [5, 5.41) is 8.51. The van der Waals surface area contributed by atoms with E-state index in [1.807, 2.05) is 0 Å². The fourth-order valence-corrected chi connectivity index (χ4v) is 4.79. The van der Waals surface area contributed by atoms with Gasteiger partial charge in [0, 0.05) is 19.3 Å². The van der Waals surface area contributed by atoms with Gasteiger partial charge in [-0.05, 0) is 40.0 Å². The van der Waals surface area contributed by atoms with Crippen LogP contribution in [0.5, 0.6) is 0 Å². The highest BCUT2D eigenvalue weighted by atomic mass is 16.6. The number of esters is 1. The van der Waals surface area contributed by atoms with E-state index in [1.54, 1.807) is 37.5 Å². The normalized spacial score (nSPS) is 35.6. The smallest absolute Gasteiger partial charge is 0.331 e. The van der Waals surface area contributed by atoms with Gasteiger partial charge < -0.3 is 24.1 Å². The molecule has 3 fully saturated rings. The predicted octanol–water partition coefficient (Wildman–Crippen LogP) is 3.92. The lowest BCUT2D eigenvalue weighted by molar-refractivity contribution is -0.166. The largest absolute Gasteiger partial charge is 0.478 e. The quantitative estimate of drug-likeness (QED) is 0.174. The summed E-state index contributed by atoms with van der Waals surface area (Å²) in [5.74, 6) is -1.45. The summed E-state index contributed by atoms with van der Waals surface area (Å²) in [6.07, 6.45) is 16.0. The van der Waals surface area contributed by atoms with Gasteiger partial charge in [-0.25, -0.2) is 9.59 Å². The molecule has 3 rings (SSSR count). The molecule has 2 saturated heterocycles. The van der Waals surface area contributed by atoms with Gasteiger partial charge in [0.25, 0.3) is 0 Å². The van der Waals surface area contributed by atoms with Crippen LogP contribution in [0, 0.1) is 5.92 Å². The van der Waals surface area contributed by atoms with Crippen molar-refractivity contribution in [1.82, 2.24) is 0 Å². The molecule has 1 saturated carbocycles. The Morgan fingerprint density at radius 3 is 2.30 bits per heavy atom. The van der Waals surface area contributed by atoms with Crippen LogP contribution in [-0.2, 0) is 28.5 Å². The van der Waals surface area contributed by atoms with Crippen LogP contribution in [0.3, 0.4) is 0 Å². The molecule has 1 aliphatic carbocycles. The van der Waals surface area contributed by atoms with E-state index in [2.05, 4.69) is 26.8 Å². The average molecular weight is 459 g/mol. The molecule has 180 valence electrons. The van der Waals surface area contributed by atoms with Crippen LogP contribution in [0.1, 0.15) is 40.0 Å². The Balaban J connectivity index is 1.59. The Morgan fingerprint density at radius 1 is 1.09 bits per heavy atom. The number of aliphatic carboxylic acids is 1. The van der Waals surface area contributed by atoms with E-state index in [0.29, 0.717) is 13.0 Å². The maximum absolute atomic E-state index is 12.4. The van der Waals surface area contributed by atoms with Gasteiger partial charge >= 0.3 is 11.9 Å². The van der Waals surface area contributed by atoms with E-state index in [-0.39, 0.29) is 35.4 Å². The molecule has 0 amide bonds. The zero-order chi connectivity index (χ0) is 24.1. The Bertz CT molecular complexity index is 873. The number of hydrogen-bond donors (Lipinski definition) is 1. The van der Waals surface area contributed by atoms with E-state index in [4.69, 9.17) is 24.1 Å². The highest BCUT2D eigenvalue weighted by Crippen LogP contribution is 2.59. The molecule has 2 heterocycles. The zero-order valence-corrected chi connectivity index (χ0v) is 19.7. The minimum atomic E-state index is -1.00. The number of carboxylic acid groups (broad SMARTS) is 1. The second kappa shape index (κ2) is 10.6. The van der Waals surface area contributed by atoms with Crippen LogP contribution in [0.4, 0.5) is 0 Å². The molecule has 3 aliphatic rings. The fraction of sp³-hybridized carbons (Fsp3) is 0.538. The van der Waals surface area contributed by atoms with Crippen LogP contribution in [0.2, 0.25) is 0 Å². The summed E-state index contributed by atoms with van der Waals surface area (Å²) < 4.78 is 23.8. The molecule has 6 atom stereocenters. The molecule has 2 aliphatic heterocycles. The molecule has 0 bridgehead atoms. The number of ether oxygens (including phenoxy) is 4. The zero-order valence-electron chi connectivity index (χ0n) is 19.7. The second-order valence-corrected chi connectivity index (χ2v) is 9.18. The van der Waals surface area contributed by atoms with Gasteiger partial charge in [-0.2, -0.15) is 0 Å².